The van der Waals surface area contributed by atoms with Crippen molar-refractivity contribution in [3.05, 3.63) is 51.2 Å². The number of nitrogens with one attached hydrogen (secondary N) is 1. The highest BCUT2D eigenvalue weighted by atomic mass is 127. The lowest BCUT2D eigenvalue weighted by Crippen LogP contribution is -2.16. The number of aryl methyl sites for hydroxylation is 1. The molecule has 3 N–H and O–H groups in total. The van der Waals surface area contributed by atoms with Crippen molar-refractivity contribution < 1.29 is 14.3 Å². The summed E-state index contributed by atoms with van der Waals surface area (Å²) >= 11 is 2.17. The van der Waals surface area contributed by atoms with Crippen LogP contribution in [-0.2, 0) is 0 Å². The molecule has 0 saturated heterocycles. The zero-order chi connectivity index (χ0) is 21.8. The van der Waals surface area contributed by atoms with E-state index in [0.717, 1.165) is 14.9 Å². The molecule has 0 bridgehead atoms. The predicted octanol–water partition coefficient (Wildman–Crippen LogP) is 3.94. The van der Waals surface area contributed by atoms with Crippen LogP contribution in [0.1, 0.15) is 41.5 Å². The first-order valence-electron chi connectivity index (χ1n) is 9.06. The number of nitrogens with zero attached hydrogens (tertiary/aromatic N) is 4. The van der Waals surface area contributed by atoms with E-state index in [1.165, 1.54) is 18.6 Å². The largest absolute Gasteiger partial charge is 0.496 e. The zero-order valence-corrected chi connectivity index (χ0v) is 19.1. The number of carbonyl (C=O) groups excluding carboxylic acids is 1. The van der Waals surface area contributed by atoms with Crippen LogP contribution in [0, 0.1) is 10.5 Å². The van der Waals surface area contributed by atoms with Crippen LogP contribution < -0.4 is 20.5 Å². The van der Waals surface area contributed by atoms with Crippen molar-refractivity contribution >= 4 is 40.3 Å². The van der Waals surface area contributed by atoms with Gasteiger partial charge in [-0.25, -0.2) is 9.97 Å². The summed E-state index contributed by atoms with van der Waals surface area (Å²) in [5.41, 5.74) is 7.51. The number of ether oxygens (including phenoxy) is 2. The number of hydrogen-bond donors (Lipinski definition) is 2. The quantitative estimate of drug-likeness (QED) is 0.469. The lowest BCUT2D eigenvalue weighted by molar-refractivity contribution is 0.102. The fourth-order valence-electron chi connectivity index (χ4n) is 2.60. The fraction of sp³-hybridized carbons (Fsp3) is 0.250. The Labute approximate surface area is 187 Å². The summed E-state index contributed by atoms with van der Waals surface area (Å²) in [5.74, 6) is 1.43. The number of aromatic nitrogens is 4. The average molecular weight is 520 g/mol. The first-order valence-corrected chi connectivity index (χ1v) is 10.1. The monoisotopic (exact) mass is 520 g/mol. The van der Waals surface area contributed by atoms with Gasteiger partial charge in [-0.15, -0.1) is 0 Å². The Bertz CT molecular complexity index is 1070. The Morgan fingerprint density at radius 3 is 2.50 bits per heavy atom. The van der Waals surface area contributed by atoms with E-state index in [9.17, 15) is 4.79 Å². The summed E-state index contributed by atoms with van der Waals surface area (Å²) in [6.45, 7) is 5.88. The Morgan fingerprint density at radius 2 is 1.87 bits per heavy atom. The highest BCUT2D eigenvalue weighted by molar-refractivity contribution is 14.1. The maximum Gasteiger partial charge on any atom is 0.277 e. The Balaban J connectivity index is 1.95. The van der Waals surface area contributed by atoms with Gasteiger partial charge in [-0.05, 0) is 47.6 Å². The molecule has 0 aliphatic heterocycles. The van der Waals surface area contributed by atoms with E-state index < -0.39 is 5.91 Å². The van der Waals surface area contributed by atoms with Gasteiger partial charge in [-0.3, -0.25) is 9.78 Å². The molecule has 3 rings (SSSR count). The average Bonchev–Trinajstić information content (AvgIpc) is 2.70. The van der Waals surface area contributed by atoms with Gasteiger partial charge in [0.15, 0.2) is 11.6 Å². The maximum absolute atomic E-state index is 12.6. The highest BCUT2D eigenvalue weighted by Gasteiger charge is 2.18. The molecular formula is C20H21IN6O3. The molecule has 0 fully saturated rings. The molecule has 1 amide bonds. The number of amides is 1. The fourth-order valence-corrected chi connectivity index (χ4v) is 3.25. The van der Waals surface area contributed by atoms with Gasteiger partial charge in [-0.2, -0.15) is 4.98 Å². The molecule has 2 heterocycles. The van der Waals surface area contributed by atoms with Crippen molar-refractivity contribution in [3.63, 3.8) is 0 Å². The Morgan fingerprint density at radius 1 is 1.10 bits per heavy atom. The first kappa shape index (κ1) is 21.7. The van der Waals surface area contributed by atoms with Crippen molar-refractivity contribution in [2.75, 3.05) is 18.2 Å². The summed E-state index contributed by atoms with van der Waals surface area (Å²) in [6, 6.07) is 3.79. The van der Waals surface area contributed by atoms with Crippen LogP contribution in [0.25, 0.3) is 0 Å². The van der Waals surface area contributed by atoms with Gasteiger partial charge in [0.2, 0.25) is 5.95 Å². The van der Waals surface area contributed by atoms with E-state index in [4.69, 9.17) is 15.2 Å². The molecule has 2 aromatic heterocycles. The van der Waals surface area contributed by atoms with E-state index in [0.29, 0.717) is 11.4 Å². The third-order valence-electron chi connectivity index (χ3n) is 4.15. The van der Waals surface area contributed by atoms with Gasteiger partial charge < -0.3 is 20.5 Å². The molecule has 156 valence electrons. The Hall–Kier alpha value is -3.02. The van der Waals surface area contributed by atoms with E-state index in [1.807, 2.05) is 26.0 Å². The number of anilines is 2. The second kappa shape index (κ2) is 9.20. The SMILES string of the molecule is COc1cc(C(C)C)c(Oc2cnc(N)nc2NC(=O)c2cnc(C)cn2)cc1I. The summed E-state index contributed by atoms with van der Waals surface area (Å²) in [6.07, 6.45) is 4.31. The van der Waals surface area contributed by atoms with Gasteiger partial charge >= 0.3 is 0 Å². The highest BCUT2D eigenvalue weighted by Crippen LogP contribution is 2.38. The number of hydrogen-bond acceptors (Lipinski definition) is 8. The smallest absolute Gasteiger partial charge is 0.277 e. The molecule has 1 aromatic carbocycles. The van der Waals surface area contributed by atoms with E-state index in [1.54, 1.807) is 14.0 Å². The summed E-state index contributed by atoms with van der Waals surface area (Å²) in [4.78, 5) is 28.8. The van der Waals surface area contributed by atoms with Crippen molar-refractivity contribution in [1.82, 2.24) is 19.9 Å². The third kappa shape index (κ3) is 4.93. The molecule has 0 aliphatic rings. The number of halogens is 1. The molecule has 0 aliphatic carbocycles. The van der Waals surface area contributed by atoms with E-state index in [2.05, 4.69) is 47.8 Å². The summed E-state index contributed by atoms with van der Waals surface area (Å²) in [7, 11) is 1.62. The molecule has 0 unspecified atom stereocenters. The number of nitrogens with two attached hydrogens (primary N) is 1. The predicted molar refractivity (Wildman–Crippen MR) is 121 cm³/mol. The van der Waals surface area contributed by atoms with Gasteiger partial charge in [0.05, 0.1) is 28.8 Å². The molecule has 9 nitrogen and oxygen atoms in total. The second-order valence-electron chi connectivity index (χ2n) is 6.72. The molecule has 0 saturated carbocycles. The molecule has 0 spiro atoms. The molecule has 30 heavy (non-hydrogen) atoms. The van der Waals surface area contributed by atoms with Crippen LogP contribution in [0.4, 0.5) is 11.8 Å². The maximum atomic E-state index is 12.6. The third-order valence-corrected chi connectivity index (χ3v) is 4.99. The number of nitrogen functional groups attached to an aromatic ring is 1. The van der Waals surface area contributed by atoms with E-state index in [-0.39, 0.29) is 29.1 Å². The number of carbonyl (C=O) groups is 1. The van der Waals surface area contributed by atoms with Gasteiger partial charge in [0.1, 0.15) is 17.2 Å². The minimum atomic E-state index is -0.487. The summed E-state index contributed by atoms with van der Waals surface area (Å²) < 4.78 is 12.4. The van der Waals surface area contributed by atoms with Crippen molar-refractivity contribution in [3.8, 4) is 17.2 Å². The summed E-state index contributed by atoms with van der Waals surface area (Å²) in [5, 5.41) is 2.67. The van der Waals surface area contributed by atoms with Crippen LogP contribution in [0.3, 0.4) is 0 Å². The van der Waals surface area contributed by atoms with Gasteiger partial charge in [0.25, 0.3) is 5.91 Å². The number of benzene rings is 1. The van der Waals surface area contributed by atoms with Gasteiger partial charge in [-0.1, -0.05) is 13.8 Å². The van der Waals surface area contributed by atoms with Crippen LogP contribution in [0.15, 0.2) is 30.7 Å². The molecule has 10 heteroatoms. The van der Waals surface area contributed by atoms with Crippen LogP contribution >= 0.6 is 22.6 Å². The number of methoxy groups -OCH3 is 1. The lowest BCUT2D eigenvalue weighted by atomic mass is 10.0. The molecule has 0 atom stereocenters. The van der Waals surface area contributed by atoms with Crippen LogP contribution in [0.5, 0.6) is 17.2 Å². The van der Waals surface area contributed by atoms with Gasteiger partial charge in [0, 0.05) is 11.8 Å². The molecule has 0 radical (unpaired) electrons. The molecular weight excluding hydrogens is 499 g/mol. The molecule has 3 aromatic rings. The number of rotatable bonds is 6. The van der Waals surface area contributed by atoms with Crippen LogP contribution in [0.2, 0.25) is 0 Å². The van der Waals surface area contributed by atoms with Crippen LogP contribution in [-0.4, -0.2) is 33.0 Å². The second-order valence-corrected chi connectivity index (χ2v) is 7.88. The minimum Gasteiger partial charge on any atom is -0.496 e. The topological polar surface area (TPSA) is 125 Å². The van der Waals surface area contributed by atoms with E-state index >= 15 is 0 Å². The zero-order valence-electron chi connectivity index (χ0n) is 16.9. The lowest BCUT2D eigenvalue weighted by Gasteiger charge is -2.17. The van der Waals surface area contributed by atoms with Crippen molar-refractivity contribution in [1.29, 1.82) is 0 Å². The Kier molecular flexibility index (Phi) is 6.65. The first-order chi connectivity index (χ1) is 14.3. The van der Waals surface area contributed by atoms with Crippen molar-refractivity contribution in [2.24, 2.45) is 0 Å². The normalized spacial score (nSPS) is 10.7. The standard InChI is InChI=1S/C20H21IN6O3/c1-10(2)12-5-16(29-4)13(21)6-15(12)30-17-9-25-20(22)27-18(17)26-19(28)14-8-23-11(3)7-24-14/h5-10H,1-4H3,(H3,22,25,26,27,28). The minimum absolute atomic E-state index is 0.000958. The van der Waals surface area contributed by atoms with Crippen molar-refractivity contribution in [2.45, 2.75) is 26.7 Å².